The molecule has 1 unspecified atom stereocenters. The lowest BCUT2D eigenvalue weighted by Gasteiger charge is -2.32. The summed E-state index contributed by atoms with van der Waals surface area (Å²) in [6.07, 6.45) is 1.91. The van der Waals surface area contributed by atoms with Gasteiger partial charge in [0, 0.05) is 5.82 Å². The minimum atomic E-state index is -0.487. The molecule has 1 heterocycles. The summed E-state index contributed by atoms with van der Waals surface area (Å²) in [5.41, 5.74) is -1.31. The maximum atomic E-state index is 11.9. The quantitative estimate of drug-likeness (QED) is 0.450. The van der Waals surface area contributed by atoms with Gasteiger partial charge in [-0.2, -0.15) is 0 Å². The monoisotopic (exact) mass is 282 g/mol. The Balaban J connectivity index is 2.70. The summed E-state index contributed by atoms with van der Waals surface area (Å²) < 4.78 is 17.2. The highest BCUT2D eigenvalue weighted by atomic mass is 16.7. The minimum Gasteiger partial charge on any atom is -0.460 e. The summed E-state index contributed by atoms with van der Waals surface area (Å²) in [7, 11) is -0.468. The van der Waals surface area contributed by atoms with Crippen molar-refractivity contribution in [3.8, 4) is 0 Å². The van der Waals surface area contributed by atoms with Crippen LogP contribution in [-0.4, -0.2) is 29.9 Å². The molecule has 1 aliphatic heterocycles. The average molecular weight is 282 g/mol. The molecule has 0 spiro atoms. The Morgan fingerprint density at radius 3 is 2.05 bits per heavy atom. The van der Waals surface area contributed by atoms with E-state index in [-0.39, 0.29) is 18.2 Å². The number of hydrogen-bond acceptors (Lipinski definition) is 4. The lowest BCUT2D eigenvalue weighted by molar-refractivity contribution is -0.154. The zero-order chi connectivity index (χ0) is 15.8. The number of carbonyl (C=O) groups is 1. The minimum absolute atomic E-state index is 0.206. The van der Waals surface area contributed by atoms with E-state index in [1.54, 1.807) is 6.08 Å². The fourth-order valence-electron chi connectivity index (χ4n) is 1.93. The van der Waals surface area contributed by atoms with Gasteiger partial charge in [0.05, 0.1) is 17.6 Å². The van der Waals surface area contributed by atoms with Crippen LogP contribution in [-0.2, 0) is 18.8 Å². The van der Waals surface area contributed by atoms with Gasteiger partial charge in [0.25, 0.3) is 0 Å². The number of rotatable bonds is 4. The van der Waals surface area contributed by atoms with E-state index in [2.05, 4.69) is 6.58 Å². The molecule has 0 aromatic carbocycles. The first-order valence-electron chi connectivity index (χ1n) is 7.08. The maximum absolute atomic E-state index is 11.9. The highest BCUT2D eigenvalue weighted by Gasteiger charge is 2.53. The van der Waals surface area contributed by atoms with Gasteiger partial charge >= 0.3 is 13.1 Å². The van der Waals surface area contributed by atoms with E-state index < -0.39 is 23.9 Å². The van der Waals surface area contributed by atoms with Gasteiger partial charge in [-0.05, 0) is 48.5 Å². The normalized spacial score (nSPS) is 22.4. The molecule has 0 amide bonds. The molecule has 4 nitrogen and oxygen atoms in total. The fourth-order valence-corrected chi connectivity index (χ4v) is 1.93. The van der Waals surface area contributed by atoms with Crippen LogP contribution < -0.4 is 0 Å². The Kier molecular flexibility index (Phi) is 4.77. The summed E-state index contributed by atoms with van der Waals surface area (Å²) >= 11 is 0. The van der Waals surface area contributed by atoms with Crippen LogP contribution >= 0.6 is 0 Å². The van der Waals surface area contributed by atoms with Gasteiger partial charge in [0.15, 0.2) is 0 Å². The summed E-state index contributed by atoms with van der Waals surface area (Å²) in [5, 5.41) is 0. The van der Waals surface area contributed by atoms with Gasteiger partial charge in [-0.1, -0.05) is 6.08 Å². The van der Waals surface area contributed by atoms with E-state index in [4.69, 9.17) is 14.0 Å². The average Bonchev–Trinajstić information content (AvgIpc) is 2.42. The van der Waals surface area contributed by atoms with E-state index in [1.807, 2.05) is 48.5 Å². The topological polar surface area (TPSA) is 44.8 Å². The van der Waals surface area contributed by atoms with Crippen LogP contribution in [0.5, 0.6) is 0 Å². The van der Waals surface area contributed by atoms with Crippen molar-refractivity contribution >= 4 is 13.1 Å². The Hall–Kier alpha value is -0.805. The van der Waals surface area contributed by atoms with Gasteiger partial charge < -0.3 is 14.0 Å². The molecule has 0 aliphatic carbocycles. The van der Waals surface area contributed by atoms with Crippen LogP contribution in [0.1, 0.15) is 54.9 Å². The van der Waals surface area contributed by atoms with Crippen molar-refractivity contribution in [3.63, 3.8) is 0 Å². The third kappa shape index (κ3) is 4.09. The second-order valence-corrected chi connectivity index (χ2v) is 7.31. The molecule has 0 saturated carbocycles. The molecule has 0 aromatic rings. The van der Waals surface area contributed by atoms with E-state index in [0.717, 1.165) is 0 Å². The summed E-state index contributed by atoms with van der Waals surface area (Å²) in [6, 6.07) is 0. The largest absolute Gasteiger partial charge is 0.465 e. The van der Waals surface area contributed by atoms with E-state index in [1.165, 1.54) is 0 Å². The van der Waals surface area contributed by atoms with Crippen LogP contribution in [0.4, 0.5) is 0 Å². The van der Waals surface area contributed by atoms with Crippen molar-refractivity contribution in [1.29, 1.82) is 0 Å². The van der Waals surface area contributed by atoms with Crippen LogP contribution in [0.2, 0.25) is 5.82 Å². The van der Waals surface area contributed by atoms with E-state index in [9.17, 15) is 4.79 Å². The van der Waals surface area contributed by atoms with E-state index >= 15 is 0 Å². The number of hydrogen-bond donors (Lipinski definition) is 0. The van der Waals surface area contributed by atoms with Gasteiger partial charge in [-0.15, -0.1) is 6.58 Å². The van der Waals surface area contributed by atoms with Crippen molar-refractivity contribution in [1.82, 2.24) is 0 Å². The Labute approximate surface area is 123 Å². The molecule has 1 atom stereocenters. The molecule has 0 bridgehead atoms. The van der Waals surface area contributed by atoms with Crippen molar-refractivity contribution in [2.45, 2.75) is 77.5 Å². The smallest absolute Gasteiger partial charge is 0.460 e. The molecule has 1 aliphatic rings. The van der Waals surface area contributed by atoms with E-state index in [0.29, 0.717) is 0 Å². The van der Waals surface area contributed by atoms with Crippen LogP contribution in [0.3, 0.4) is 0 Å². The first kappa shape index (κ1) is 17.2. The second kappa shape index (κ2) is 5.53. The number of ether oxygens (including phenoxy) is 1. The van der Waals surface area contributed by atoms with Crippen LogP contribution in [0, 0.1) is 0 Å². The number of allylic oxidation sites excluding steroid dienone is 1. The van der Waals surface area contributed by atoms with Crippen molar-refractivity contribution in [2.24, 2.45) is 0 Å². The Morgan fingerprint density at radius 1 is 1.25 bits per heavy atom. The highest BCUT2D eigenvalue weighted by Crippen LogP contribution is 2.41. The highest BCUT2D eigenvalue weighted by molar-refractivity contribution is 6.48. The predicted octanol–water partition coefficient (Wildman–Crippen LogP) is 3.37. The summed E-state index contributed by atoms with van der Waals surface area (Å²) in [5.74, 6) is -0.483. The maximum Gasteiger partial charge on any atom is 0.465 e. The molecule has 20 heavy (non-hydrogen) atoms. The fraction of sp³-hybridized carbons (Fsp3) is 0.800. The molecule has 114 valence electrons. The van der Waals surface area contributed by atoms with Gasteiger partial charge in [-0.3, -0.25) is 4.79 Å². The first-order chi connectivity index (χ1) is 8.88. The third-order valence-electron chi connectivity index (χ3n) is 3.75. The van der Waals surface area contributed by atoms with Crippen molar-refractivity contribution in [3.05, 3.63) is 12.7 Å². The molecule has 0 radical (unpaired) electrons. The Bertz CT molecular complexity index is 366. The molecule has 5 heteroatoms. The standard InChI is InChI=1S/C15H27BO4/c1-9-11(10-12(17)18-13(2,3)4)16-19-14(5,6)15(7,8)20-16/h9,11H,1,10H2,2-8H3. The van der Waals surface area contributed by atoms with Crippen molar-refractivity contribution in [2.75, 3.05) is 0 Å². The zero-order valence-electron chi connectivity index (χ0n) is 13.8. The molecule has 0 aromatic heterocycles. The predicted molar refractivity (Wildman–Crippen MR) is 80.5 cm³/mol. The molecule has 1 fully saturated rings. The lowest BCUT2D eigenvalue weighted by Crippen LogP contribution is -2.41. The summed E-state index contributed by atoms with van der Waals surface area (Å²) in [6.45, 7) is 17.3. The van der Waals surface area contributed by atoms with Crippen molar-refractivity contribution < 1.29 is 18.8 Å². The zero-order valence-corrected chi connectivity index (χ0v) is 13.8. The van der Waals surface area contributed by atoms with Crippen LogP contribution in [0.15, 0.2) is 12.7 Å². The SMILES string of the molecule is C=CC(CC(=O)OC(C)(C)C)B1OC(C)(C)C(C)(C)O1. The van der Waals surface area contributed by atoms with Gasteiger partial charge in [0.2, 0.25) is 0 Å². The number of esters is 1. The third-order valence-corrected chi connectivity index (χ3v) is 3.75. The number of carbonyl (C=O) groups excluding carboxylic acids is 1. The molecule has 1 rings (SSSR count). The molecule has 0 N–H and O–H groups in total. The van der Waals surface area contributed by atoms with Crippen LogP contribution in [0.25, 0.3) is 0 Å². The molecular formula is C15H27BO4. The molecular weight excluding hydrogens is 255 g/mol. The summed E-state index contributed by atoms with van der Waals surface area (Å²) in [4.78, 5) is 11.9. The Morgan fingerprint density at radius 2 is 1.70 bits per heavy atom. The lowest BCUT2D eigenvalue weighted by atomic mass is 9.70. The van der Waals surface area contributed by atoms with Gasteiger partial charge in [-0.25, -0.2) is 0 Å². The second-order valence-electron chi connectivity index (χ2n) is 7.31. The van der Waals surface area contributed by atoms with Gasteiger partial charge in [0.1, 0.15) is 5.60 Å². The first-order valence-corrected chi connectivity index (χ1v) is 7.08. The molecule has 1 saturated heterocycles.